The number of aromatic nitrogens is 1. The maximum absolute atomic E-state index is 12.1. The molecule has 0 bridgehead atoms. The zero-order valence-corrected chi connectivity index (χ0v) is 15.1. The number of pyridine rings is 1. The Morgan fingerprint density at radius 2 is 1.67 bits per heavy atom. The molecule has 0 fully saturated rings. The second-order valence-electron chi connectivity index (χ2n) is 6.31. The maximum Gasteiger partial charge on any atom is 0.257 e. The van der Waals surface area contributed by atoms with E-state index in [9.17, 15) is 9.59 Å². The summed E-state index contributed by atoms with van der Waals surface area (Å²) in [5, 5.41) is 5.68. The van der Waals surface area contributed by atoms with Crippen molar-refractivity contribution in [3.8, 4) is 0 Å². The fourth-order valence-electron chi connectivity index (χ4n) is 2.69. The van der Waals surface area contributed by atoms with Crippen LogP contribution in [0.5, 0.6) is 0 Å². The number of anilines is 2. The van der Waals surface area contributed by atoms with E-state index < -0.39 is 0 Å². The molecule has 2 N–H and O–H groups in total. The van der Waals surface area contributed by atoms with Gasteiger partial charge in [0.25, 0.3) is 5.91 Å². The van der Waals surface area contributed by atoms with Crippen molar-refractivity contribution in [3.63, 3.8) is 0 Å². The average Bonchev–Trinajstić information content (AvgIpc) is 2.69. The second kappa shape index (κ2) is 8.76. The molecule has 1 aromatic heterocycles. The van der Waals surface area contributed by atoms with Gasteiger partial charge in [-0.1, -0.05) is 29.8 Å². The van der Waals surface area contributed by atoms with Crippen molar-refractivity contribution in [3.05, 3.63) is 89.7 Å². The summed E-state index contributed by atoms with van der Waals surface area (Å²) in [6.45, 7) is 2.04. The van der Waals surface area contributed by atoms with E-state index in [0.29, 0.717) is 29.8 Å². The lowest BCUT2D eigenvalue weighted by atomic mass is 10.1. The highest BCUT2D eigenvalue weighted by Crippen LogP contribution is 2.15. The molecule has 0 aliphatic rings. The smallest absolute Gasteiger partial charge is 0.257 e. The normalized spacial score (nSPS) is 10.3. The lowest BCUT2D eigenvalue weighted by Gasteiger charge is -2.08. The molecule has 0 radical (unpaired) electrons. The zero-order chi connectivity index (χ0) is 19.1. The summed E-state index contributed by atoms with van der Waals surface area (Å²) >= 11 is 0. The van der Waals surface area contributed by atoms with Crippen LogP contribution in [-0.4, -0.2) is 16.8 Å². The van der Waals surface area contributed by atoms with E-state index in [2.05, 4.69) is 21.7 Å². The van der Waals surface area contributed by atoms with Gasteiger partial charge in [-0.25, -0.2) is 0 Å². The van der Waals surface area contributed by atoms with Crippen molar-refractivity contribution in [1.29, 1.82) is 0 Å². The summed E-state index contributed by atoms with van der Waals surface area (Å²) in [6.07, 6.45) is 4.25. The molecule has 0 aliphatic heterocycles. The molecule has 5 nitrogen and oxygen atoms in total. The minimum absolute atomic E-state index is 0.0383. The first kappa shape index (κ1) is 18.3. The van der Waals surface area contributed by atoms with Gasteiger partial charge in [-0.05, 0) is 55.3 Å². The molecule has 136 valence electrons. The minimum atomic E-state index is -0.224. The van der Waals surface area contributed by atoms with E-state index >= 15 is 0 Å². The minimum Gasteiger partial charge on any atom is -0.326 e. The molecule has 3 rings (SSSR count). The summed E-state index contributed by atoms with van der Waals surface area (Å²) in [6, 6.07) is 18.6. The SMILES string of the molecule is Cc1cccc(CCC(=O)Nc2ccc(NC(=O)c3cccnc3)cc2)c1. The van der Waals surface area contributed by atoms with E-state index in [1.165, 1.54) is 11.8 Å². The van der Waals surface area contributed by atoms with E-state index in [4.69, 9.17) is 0 Å². The van der Waals surface area contributed by atoms with Gasteiger partial charge in [0.15, 0.2) is 0 Å². The number of rotatable bonds is 6. The summed E-state index contributed by atoms with van der Waals surface area (Å²) in [7, 11) is 0. The molecule has 0 spiro atoms. The number of nitrogens with zero attached hydrogens (tertiary/aromatic N) is 1. The zero-order valence-electron chi connectivity index (χ0n) is 15.1. The van der Waals surface area contributed by atoms with Gasteiger partial charge in [0.2, 0.25) is 5.91 Å². The Balaban J connectivity index is 1.51. The van der Waals surface area contributed by atoms with Gasteiger partial charge in [0, 0.05) is 30.2 Å². The summed E-state index contributed by atoms with van der Waals surface area (Å²) < 4.78 is 0. The van der Waals surface area contributed by atoms with Crippen LogP contribution in [-0.2, 0) is 11.2 Å². The third-order valence-corrected chi connectivity index (χ3v) is 4.07. The average molecular weight is 359 g/mol. The molecular formula is C22H21N3O2. The lowest BCUT2D eigenvalue weighted by molar-refractivity contribution is -0.116. The van der Waals surface area contributed by atoms with Gasteiger partial charge in [0.1, 0.15) is 0 Å². The molecule has 0 aliphatic carbocycles. The van der Waals surface area contributed by atoms with Crippen molar-refractivity contribution in [2.24, 2.45) is 0 Å². The van der Waals surface area contributed by atoms with Crippen molar-refractivity contribution in [1.82, 2.24) is 4.98 Å². The first-order chi connectivity index (χ1) is 13.1. The fourth-order valence-corrected chi connectivity index (χ4v) is 2.69. The standard InChI is InChI=1S/C22H21N3O2/c1-16-4-2-5-17(14-16)7-12-21(26)24-19-8-10-20(11-9-19)25-22(27)18-6-3-13-23-15-18/h2-6,8-11,13-15H,7,12H2,1H3,(H,24,26)(H,25,27). The number of carbonyl (C=O) groups is 2. The molecule has 3 aromatic rings. The Hall–Kier alpha value is -3.47. The number of hydrogen-bond acceptors (Lipinski definition) is 3. The highest BCUT2D eigenvalue weighted by Gasteiger charge is 2.07. The molecule has 5 heteroatoms. The molecule has 0 saturated heterocycles. The third kappa shape index (κ3) is 5.51. The van der Waals surface area contributed by atoms with Gasteiger partial charge in [-0.15, -0.1) is 0 Å². The number of hydrogen-bond donors (Lipinski definition) is 2. The van der Waals surface area contributed by atoms with Crippen molar-refractivity contribution < 1.29 is 9.59 Å². The summed E-state index contributed by atoms with van der Waals surface area (Å²) in [5.74, 6) is -0.262. The second-order valence-corrected chi connectivity index (χ2v) is 6.31. The molecule has 0 atom stereocenters. The van der Waals surface area contributed by atoms with Crippen LogP contribution in [0.15, 0.2) is 73.1 Å². The first-order valence-corrected chi connectivity index (χ1v) is 8.77. The molecule has 2 amide bonds. The van der Waals surface area contributed by atoms with E-state index in [1.54, 1.807) is 42.6 Å². The van der Waals surface area contributed by atoms with Crippen molar-refractivity contribution in [2.45, 2.75) is 19.8 Å². The number of carbonyl (C=O) groups excluding carboxylic acids is 2. The number of benzene rings is 2. The third-order valence-electron chi connectivity index (χ3n) is 4.07. The van der Waals surface area contributed by atoms with Crippen LogP contribution in [0.3, 0.4) is 0 Å². The van der Waals surface area contributed by atoms with Gasteiger partial charge >= 0.3 is 0 Å². The first-order valence-electron chi connectivity index (χ1n) is 8.77. The number of nitrogens with one attached hydrogen (secondary N) is 2. The monoisotopic (exact) mass is 359 g/mol. The largest absolute Gasteiger partial charge is 0.326 e. The Labute approximate surface area is 158 Å². The van der Waals surface area contributed by atoms with Crippen LogP contribution >= 0.6 is 0 Å². The predicted molar refractivity (Wildman–Crippen MR) is 107 cm³/mol. The molecule has 0 unspecified atom stereocenters. The van der Waals surface area contributed by atoms with Crippen LogP contribution in [0, 0.1) is 6.92 Å². The predicted octanol–water partition coefficient (Wildman–Crippen LogP) is 4.21. The van der Waals surface area contributed by atoms with E-state index in [1.807, 2.05) is 25.1 Å². The Morgan fingerprint density at radius 3 is 2.33 bits per heavy atom. The molecule has 2 aromatic carbocycles. The summed E-state index contributed by atoms with van der Waals surface area (Å²) in [5.41, 5.74) is 4.19. The fraction of sp³-hybridized carbons (Fsp3) is 0.136. The van der Waals surface area contributed by atoms with Gasteiger partial charge in [-0.2, -0.15) is 0 Å². The Morgan fingerprint density at radius 1 is 0.926 bits per heavy atom. The molecule has 1 heterocycles. The quantitative estimate of drug-likeness (QED) is 0.692. The highest BCUT2D eigenvalue weighted by molar-refractivity contribution is 6.04. The van der Waals surface area contributed by atoms with Gasteiger partial charge < -0.3 is 10.6 Å². The van der Waals surface area contributed by atoms with Crippen molar-refractivity contribution in [2.75, 3.05) is 10.6 Å². The van der Waals surface area contributed by atoms with Crippen LogP contribution < -0.4 is 10.6 Å². The Bertz CT molecular complexity index is 922. The molecular weight excluding hydrogens is 338 g/mol. The van der Waals surface area contributed by atoms with Crippen LogP contribution in [0.4, 0.5) is 11.4 Å². The molecule has 27 heavy (non-hydrogen) atoms. The number of aryl methyl sites for hydroxylation is 2. The maximum atomic E-state index is 12.1. The highest BCUT2D eigenvalue weighted by atomic mass is 16.2. The van der Waals surface area contributed by atoms with E-state index in [0.717, 1.165) is 5.56 Å². The lowest BCUT2D eigenvalue weighted by Crippen LogP contribution is -2.13. The van der Waals surface area contributed by atoms with Crippen LogP contribution in [0.25, 0.3) is 0 Å². The van der Waals surface area contributed by atoms with Crippen LogP contribution in [0.1, 0.15) is 27.9 Å². The van der Waals surface area contributed by atoms with Gasteiger partial charge in [0.05, 0.1) is 5.56 Å². The number of amides is 2. The summed E-state index contributed by atoms with van der Waals surface area (Å²) in [4.78, 5) is 28.2. The molecule has 0 saturated carbocycles. The van der Waals surface area contributed by atoms with Crippen molar-refractivity contribution >= 4 is 23.2 Å². The topological polar surface area (TPSA) is 71.1 Å². The Kier molecular flexibility index (Phi) is 5.94. The van der Waals surface area contributed by atoms with Crippen LogP contribution in [0.2, 0.25) is 0 Å². The van der Waals surface area contributed by atoms with E-state index in [-0.39, 0.29) is 11.8 Å². The van der Waals surface area contributed by atoms with Gasteiger partial charge in [-0.3, -0.25) is 14.6 Å².